The van der Waals surface area contributed by atoms with Crippen LogP contribution in [0, 0.1) is 27.7 Å². The molecule has 0 bridgehead atoms. The molecule has 4 heteroatoms. The highest BCUT2D eigenvalue weighted by Gasteiger charge is 2.17. The summed E-state index contributed by atoms with van der Waals surface area (Å²) in [6.07, 6.45) is 2.33. The van der Waals surface area contributed by atoms with E-state index >= 15 is 0 Å². The van der Waals surface area contributed by atoms with E-state index in [1.165, 1.54) is 27.8 Å². The van der Waals surface area contributed by atoms with Gasteiger partial charge in [-0.3, -0.25) is 4.79 Å². The maximum absolute atomic E-state index is 11.8. The van der Waals surface area contributed by atoms with E-state index in [0.29, 0.717) is 12.8 Å². The molecule has 2 N–H and O–H groups in total. The number of carbonyl (C=O) groups is 2. The number of carboxylic acids is 1. The molecule has 0 heterocycles. The predicted octanol–water partition coefficient (Wildman–Crippen LogP) is 3.22. The lowest BCUT2D eigenvalue weighted by Gasteiger charge is -2.16. The zero-order valence-corrected chi connectivity index (χ0v) is 14.2. The molecule has 0 fully saturated rings. The van der Waals surface area contributed by atoms with Crippen molar-refractivity contribution in [2.24, 2.45) is 0 Å². The fourth-order valence-electron chi connectivity index (χ4n) is 2.70. The summed E-state index contributed by atoms with van der Waals surface area (Å²) in [6, 6.07) is 1.41. The van der Waals surface area contributed by atoms with Gasteiger partial charge in [-0.15, -0.1) is 0 Å². The molecule has 1 rings (SSSR count). The molecule has 1 amide bonds. The zero-order chi connectivity index (χ0) is 16.9. The fraction of sp³-hybridized carbons (Fsp3) is 0.556. The lowest BCUT2D eigenvalue weighted by atomic mass is 9.91. The minimum absolute atomic E-state index is 0.186. The minimum Gasteiger partial charge on any atom is -0.480 e. The highest BCUT2D eigenvalue weighted by Crippen LogP contribution is 2.23. The van der Waals surface area contributed by atoms with E-state index in [-0.39, 0.29) is 5.91 Å². The predicted molar refractivity (Wildman–Crippen MR) is 88.2 cm³/mol. The second-order valence-electron chi connectivity index (χ2n) is 5.96. The van der Waals surface area contributed by atoms with Crippen LogP contribution in [0.1, 0.15) is 54.0 Å². The van der Waals surface area contributed by atoms with Crippen LogP contribution >= 0.6 is 0 Å². The summed E-state index contributed by atoms with van der Waals surface area (Å²) in [5.41, 5.74) is 6.45. The second-order valence-corrected chi connectivity index (χ2v) is 5.96. The summed E-state index contributed by atoms with van der Waals surface area (Å²) in [7, 11) is 0. The number of aliphatic carboxylic acids is 1. The van der Waals surface area contributed by atoms with Crippen LogP contribution in [0.4, 0.5) is 0 Å². The van der Waals surface area contributed by atoms with Gasteiger partial charge < -0.3 is 10.4 Å². The number of hydrogen-bond acceptors (Lipinski definition) is 2. The summed E-state index contributed by atoms with van der Waals surface area (Å²) in [6.45, 7) is 10.2. The van der Waals surface area contributed by atoms with E-state index in [9.17, 15) is 9.59 Å². The molecule has 1 unspecified atom stereocenters. The Morgan fingerprint density at radius 3 is 2.14 bits per heavy atom. The maximum Gasteiger partial charge on any atom is 0.326 e. The lowest BCUT2D eigenvalue weighted by molar-refractivity contribution is -0.141. The Kier molecular flexibility index (Phi) is 6.60. The first kappa shape index (κ1) is 18.2. The molecule has 0 aliphatic heterocycles. The van der Waals surface area contributed by atoms with E-state index in [1.807, 2.05) is 0 Å². The van der Waals surface area contributed by atoms with E-state index in [2.05, 4.69) is 39.1 Å². The van der Waals surface area contributed by atoms with E-state index in [1.54, 1.807) is 6.92 Å². The molecule has 0 saturated heterocycles. The van der Waals surface area contributed by atoms with Crippen LogP contribution in [-0.2, 0) is 16.0 Å². The van der Waals surface area contributed by atoms with E-state index < -0.39 is 12.0 Å². The first-order valence-electron chi connectivity index (χ1n) is 7.86. The lowest BCUT2D eigenvalue weighted by Crippen LogP contribution is -2.40. The van der Waals surface area contributed by atoms with Gasteiger partial charge in [-0.1, -0.05) is 13.0 Å². The summed E-state index contributed by atoms with van der Waals surface area (Å²) >= 11 is 0. The summed E-state index contributed by atoms with van der Waals surface area (Å²) in [5.74, 6) is -1.16. The molecule has 1 atom stereocenters. The number of hydrogen-bond donors (Lipinski definition) is 2. The molecule has 0 saturated carbocycles. The van der Waals surface area contributed by atoms with Crippen LogP contribution in [-0.4, -0.2) is 23.0 Å². The average Bonchev–Trinajstić information content (AvgIpc) is 2.46. The Labute approximate surface area is 132 Å². The highest BCUT2D eigenvalue weighted by atomic mass is 16.4. The van der Waals surface area contributed by atoms with Crippen molar-refractivity contribution in [1.82, 2.24) is 5.32 Å². The summed E-state index contributed by atoms with van der Waals surface area (Å²) in [4.78, 5) is 22.7. The normalized spacial score (nSPS) is 12.0. The molecule has 122 valence electrons. The van der Waals surface area contributed by atoms with E-state index in [0.717, 1.165) is 12.8 Å². The monoisotopic (exact) mass is 305 g/mol. The SMILES string of the molecule is CCC(NC(=O)CCCc1c(C)c(C)cc(C)c1C)C(=O)O. The van der Waals surface area contributed by atoms with Crippen molar-refractivity contribution in [3.63, 3.8) is 0 Å². The topological polar surface area (TPSA) is 66.4 Å². The third kappa shape index (κ3) is 4.58. The summed E-state index contributed by atoms with van der Waals surface area (Å²) in [5, 5.41) is 11.5. The van der Waals surface area contributed by atoms with Crippen molar-refractivity contribution in [3.8, 4) is 0 Å². The largest absolute Gasteiger partial charge is 0.480 e. The first-order valence-corrected chi connectivity index (χ1v) is 7.86. The van der Waals surface area contributed by atoms with E-state index in [4.69, 9.17) is 5.11 Å². The Balaban J connectivity index is 2.62. The maximum atomic E-state index is 11.8. The van der Waals surface area contributed by atoms with Gasteiger partial charge in [0.25, 0.3) is 0 Å². The molecular formula is C18H27NO3. The van der Waals surface area contributed by atoms with Gasteiger partial charge >= 0.3 is 5.97 Å². The van der Waals surface area contributed by atoms with Crippen molar-refractivity contribution in [1.29, 1.82) is 0 Å². The fourth-order valence-corrected chi connectivity index (χ4v) is 2.70. The second kappa shape index (κ2) is 7.97. The van der Waals surface area contributed by atoms with Crippen LogP contribution in [0.25, 0.3) is 0 Å². The van der Waals surface area contributed by atoms with Gasteiger partial charge in [0.1, 0.15) is 6.04 Å². The van der Waals surface area contributed by atoms with Crippen LogP contribution in [0.15, 0.2) is 6.07 Å². The van der Waals surface area contributed by atoms with Crippen LogP contribution in [0.3, 0.4) is 0 Å². The minimum atomic E-state index is -0.975. The molecule has 0 aliphatic rings. The van der Waals surface area contributed by atoms with Crippen molar-refractivity contribution < 1.29 is 14.7 Å². The Morgan fingerprint density at radius 2 is 1.68 bits per heavy atom. The highest BCUT2D eigenvalue weighted by molar-refractivity contribution is 5.83. The average molecular weight is 305 g/mol. The van der Waals surface area contributed by atoms with Crippen molar-refractivity contribution in [2.75, 3.05) is 0 Å². The van der Waals surface area contributed by atoms with Gasteiger partial charge in [-0.25, -0.2) is 4.79 Å². The van der Waals surface area contributed by atoms with Crippen LogP contribution < -0.4 is 5.32 Å². The van der Waals surface area contributed by atoms with Gasteiger partial charge in [0.15, 0.2) is 0 Å². The third-order valence-electron chi connectivity index (χ3n) is 4.39. The Hall–Kier alpha value is -1.84. The van der Waals surface area contributed by atoms with Gasteiger partial charge in [0.2, 0.25) is 5.91 Å². The first-order chi connectivity index (χ1) is 10.3. The Morgan fingerprint density at radius 1 is 1.14 bits per heavy atom. The summed E-state index contributed by atoms with van der Waals surface area (Å²) < 4.78 is 0. The van der Waals surface area contributed by atoms with Gasteiger partial charge in [0.05, 0.1) is 0 Å². The quantitative estimate of drug-likeness (QED) is 0.813. The number of nitrogens with one attached hydrogen (secondary N) is 1. The standard InChI is InChI=1S/C18H27NO3/c1-6-16(18(21)22)19-17(20)9-7-8-15-13(4)11(2)10-12(3)14(15)5/h10,16H,6-9H2,1-5H3,(H,19,20)(H,21,22). The molecule has 4 nitrogen and oxygen atoms in total. The number of rotatable bonds is 7. The number of amides is 1. The van der Waals surface area contributed by atoms with Crippen molar-refractivity contribution in [2.45, 2.75) is 66.3 Å². The molecule has 0 spiro atoms. The van der Waals surface area contributed by atoms with Crippen LogP contribution in [0.5, 0.6) is 0 Å². The van der Waals surface area contributed by atoms with Crippen molar-refractivity contribution >= 4 is 11.9 Å². The molecule has 22 heavy (non-hydrogen) atoms. The number of aryl methyl sites for hydroxylation is 2. The molecule has 0 aromatic heterocycles. The molecule has 0 radical (unpaired) electrons. The van der Waals surface area contributed by atoms with Gasteiger partial charge in [0, 0.05) is 6.42 Å². The van der Waals surface area contributed by atoms with Crippen molar-refractivity contribution in [3.05, 3.63) is 33.9 Å². The third-order valence-corrected chi connectivity index (χ3v) is 4.39. The number of benzene rings is 1. The van der Waals surface area contributed by atoms with Gasteiger partial charge in [-0.05, 0) is 74.8 Å². The molecule has 0 aliphatic carbocycles. The van der Waals surface area contributed by atoms with Crippen LogP contribution in [0.2, 0.25) is 0 Å². The molecule has 1 aromatic rings. The smallest absolute Gasteiger partial charge is 0.326 e. The molecule has 1 aromatic carbocycles. The van der Waals surface area contributed by atoms with Gasteiger partial charge in [-0.2, -0.15) is 0 Å². The number of carboxylic acid groups (broad SMARTS) is 1. The zero-order valence-electron chi connectivity index (χ0n) is 14.2. The Bertz CT molecular complexity index is 538. The number of carbonyl (C=O) groups excluding carboxylic acids is 1. The molecular weight excluding hydrogens is 278 g/mol.